The Hall–Kier alpha value is -0.180. The van der Waals surface area contributed by atoms with Crippen LogP contribution in [0.15, 0.2) is 0 Å². The first-order valence-electron chi connectivity index (χ1n) is 4.61. The Bertz CT molecular complexity index is 145. The van der Waals surface area contributed by atoms with Gasteiger partial charge >= 0.3 is 0 Å². The van der Waals surface area contributed by atoms with Gasteiger partial charge < -0.3 is 4.48 Å². The number of quaternary nitrogens is 1. The maximum absolute atomic E-state index is 12.8. The zero-order valence-electron chi connectivity index (χ0n) is 9.62. The van der Waals surface area contributed by atoms with Gasteiger partial charge in [0.05, 0.1) is 20.6 Å². The zero-order valence-corrected chi connectivity index (χ0v) is 9.62. The minimum Gasteiger partial charge on any atom is -0.323 e. The number of halogens is 2. The third kappa shape index (κ3) is 8.16. The minimum absolute atomic E-state index is 0.0920. The third-order valence-electron chi connectivity index (χ3n) is 1.61. The van der Waals surface area contributed by atoms with Crippen LogP contribution in [0.5, 0.6) is 0 Å². The van der Waals surface area contributed by atoms with Crippen molar-refractivity contribution in [2.45, 2.75) is 33.6 Å². The van der Waals surface area contributed by atoms with Crippen molar-refractivity contribution in [3.63, 3.8) is 0 Å². The summed E-state index contributed by atoms with van der Waals surface area (Å²) in [6.45, 7) is 7.86. The SMILES string of the molecule is CC(C)(C)C[N+](C)(C)CC(C)(F)F. The van der Waals surface area contributed by atoms with Crippen molar-refractivity contribution in [1.82, 2.24) is 0 Å². The minimum atomic E-state index is -2.57. The van der Waals surface area contributed by atoms with E-state index in [1.807, 2.05) is 14.1 Å². The largest absolute Gasteiger partial charge is 0.323 e. The fourth-order valence-corrected chi connectivity index (χ4v) is 2.09. The van der Waals surface area contributed by atoms with E-state index in [2.05, 4.69) is 20.8 Å². The van der Waals surface area contributed by atoms with Crippen LogP contribution < -0.4 is 0 Å². The molecule has 0 rings (SSSR count). The van der Waals surface area contributed by atoms with Crippen LogP contribution in [0, 0.1) is 5.41 Å². The van der Waals surface area contributed by atoms with E-state index in [0.29, 0.717) is 4.48 Å². The summed E-state index contributed by atoms with van der Waals surface area (Å²) in [5.41, 5.74) is 0.0920. The second-order valence-electron chi connectivity index (χ2n) is 5.88. The Morgan fingerprint density at radius 3 is 1.54 bits per heavy atom. The summed E-state index contributed by atoms with van der Waals surface area (Å²) in [6, 6.07) is 0. The summed E-state index contributed by atoms with van der Waals surface area (Å²) in [6.07, 6.45) is 0. The molecule has 0 unspecified atom stereocenters. The molecule has 0 fully saturated rings. The van der Waals surface area contributed by atoms with E-state index in [1.54, 1.807) is 0 Å². The highest BCUT2D eigenvalue weighted by molar-refractivity contribution is 4.62. The van der Waals surface area contributed by atoms with Crippen molar-refractivity contribution in [3.05, 3.63) is 0 Å². The Balaban J connectivity index is 4.25. The highest BCUT2D eigenvalue weighted by Gasteiger charge is 2.34. The second kappa shape index (κ2) is 3.52. The molecule has 0 N–H and O–H groups in total. The molecule has 0 amide bonds. The number of hydrogen-bond acceptors (Lipinski definition) is 0. The number of alkyl halides is 2. The van der Waals surface area contributed by atoms with Crippen molar-refractivity contribution >= 4 is 0 Å². The van der Waals surface area contributed by atoms with Gasteiger partial charge in [0, 0.05) is 12.3 Å². The molecule has 0 aromatic rings. The first kappa shape index (κ1) is 12.8. The van der Waals surface area contributed by atoms with Crippen molar-refractivity contribution in [1.29, 1.82) is 0 Å². The third-order valence-corrected chi connectivity index (χ3v) is 1.61. The molecule has 0 aromatic carbocycles. The van der Waals surface area contributed by atoms with Crippen LogP contribution in [0.4, 0.5) is 8.78 Å². The number of hydrogen-bond donors (Lipinski definition) is 0. The molecular weight excluding hydrogens is 172 g/mol. The van der Waals surface area contributed by atoms with Crippen molar-refractivity contribution in [2.75, 3.05) is 27.2 Å². The fourth-order valence-electron chi connectivity index (χ4n) is 2.09. The molecule has 0 aliphatic carbocycles. The Morgan fingerprint density at radius 2 is 1.31 bits per heavy atom. The molecule has 1 nitrogen and oxygen atoms in total. The molecule has 0 saturated heterocycles. The quantitative estimate of drug-likeness (QED) is 0.606. The Kier molecular flexibility index (Phi) is 3.47. The molecule has 0 bridgehead atoms. The predicted octanol–water partition coefficient (Wildman–Crippen LogP) is 2.76. The summed E-state index contributed by atoms with van der Waals surface area (Å²) < 4.78 is 25.9. The van der Waals surface area contributed by atoms with E-state index >= 15 is 0 Å². The van der Waals surface area contributed by atoms with Gasteiger partial charge in [0.15, 0.2) is 0 Å². The molecule has 0 saturated carbocycles. The summed E-state index contributed by atoms with van der Waals surface area (Å²) in [4.78, 5) is 0. The molecule has 0 aliphatic heterocycles. The summed E-state index contributed by atoms with van der Waals surface area (Å²) in [7, 11) is 3.70. The van der Waals surface area contributed by atoms with Crippen LogP contribution >= 0.6 is 0 Å². The Labute approximate surface area is 80.3 Å². The average molecular weight is 194 g/mol. The molecule has 0 aliphatic rings. The maximum atomic E-state index is 12.8. The highest BCUT2D eigenvalue weighted by atomic mass is 19.3. The fraction of sp³-hybridized carbons (Fsp3) is 1.00. The van der Waals surface area contributed by atoms with Gasteiger partial charge in [0.1, 0.15) is 6.54 Å². The molecule has 0 heterocycles. The highest BCUT2D eigenvalue weighted by Crippen LogP contribution is 2.22. The van der Waals surface area contributed by atoms with Gasteiger partial charge in [-0.3, -0.25) is 0 Å². The first-order valence-corrected chi connectivity index (χ1v) is 4.61. The number of nitrogens with zero attached hydrogens (tertiary/aromatic N) is 1. The van der Waals surface area contributed by atoms with E-state index < -0.39 is 5.92 Å². The molecule has 13 heavy (non-hydrogen) atoms. The van der Waals surface area contributed by atoms with Crippen LogP contribution in [-0.4, -0.2) is 37.6 Å². The van der Waals surface area contributed by atoms with E-state index in [0.717, 1.165) is 13.5 Å². The average Bonchev–Trinajstić information content (AvgIpc) is 1.43. The molecular formula is C10H22F2N+. The molecule has 3 heteroatoms. The normalized spacial score (nSPS) is 14.8. The summed E-state index contributed by atoms with van der Waals surface area (Å²) in [5.74, 6) is -2.57. The smallest absolute Gasteiger partial charge is 0.292 e. The van der Waals surface area contributed by atoms with Crippen molar-refractivity contribution in [3.8, 4) is 0 Å². The van der Waals surface area contributed by atoms with Gasteiger partial charge in [-0.1, -0.05) is 20.8 Å². The van der Waals surface area contributed by atoms with Gasteiger partial charge in [-0.2, -0.15) is 0 Å². The topological polar surface area (TPSA) is 0 Å². The van der Waals surface area contributed by atoms with Crippen LogP contribution in [-0.2, 0) is 0 Å². The first-order chi connectivity index (χ1) is 5.41. The molecule has 80 valence electrons. The summed E-state index contributed by atoms with van der Waals surface area (Å²) in [5, 5.41) is 0. The van der Waals surface area contributed by atoms with E-state index in [4.69, 9.17) is 0 Å². The lowest BCUT2D eigenvalue weighted by Gasteiger charge is -2.37. The van der Waals surface area contributed by atoms with Gasteiger partial charge in [-0.25, -0.2) is 8.78 Å². The lowest BCUT2D eigenvalue weighted by Crippen LogP contribution is -2.51. The standard InChI is InChI=1S/C10H22F2N/c1-9(2,3)7-13(5,6)8-10(4,11)12/h7-8H2,1-6H3/q+1. The maximum Gasteiger partial charge on any atom is 0.292 e. The molecule has 0 atom stereocenters. The van der Waals surface area contributed by atoms with Crippen LogP contribution in [0.2, 0.25) is 0 Å². The van der Waals surface area contributed by atoms with Crippen molar-refractivity contribution < 1.29 is 13.3 Å². The van der Waals surface area contributed by atoms with Crippen LogP contribution in [0.3, 0.4) is 0 Å². The van der Waals surface area contributed by atoms with Crippen LogP contribution in [0.25, 0.3) is 0 Å². The molecule has 0 spiro atoms. The van der Waals surface area contributed by atoms with Gasteiger partial charge in [-0.05, 0) is 0 Å². The van der Waals surface area contributed by atoms with Gasteiger partial charge in [0.2, 0.25) is 0 Å². The Morgan fingerprint density at radius 1 is 0.923 bits per heavy atom. The second-order valence-corrected chi connectivity index (χ2v) is 5.88. The van der Waals surface area contributed by atoms with E-state index in [9.17, 15) is 8.78 Å². The van der Waals surface area contributed by atoms with E-state index in [1.165, 1.54) is 0 Å². The molecule has 0 radical (unpaired) electrons. The van der Waals surface area contributed by atoms with Crippen LogP contribution in [0.1, 0.15) is 27.7 Å². The lowest BCUT2D eigenvalue weighted by molar-refractivity contribution is -0.903. The number of rotatable bonds is 3. The van der Waals surface area contributed by atoms with E-state index in [-0.39, 0.29) is 12.0 Å². The van der Waals surface area contributed by atoms with Crippen molar-refractivity contribution in [2.24, 2.45) is 5.41 Å². The molecule has 0 aromatic heterocycles. The monoisotopic (exact) mass is 194 g/mol. The van der Waals surface area contributed by atoms with Gasteiger partial charge in [0.25, 0.3) is 5.92 Å². The van der Waals surface area contributed by atoms with Gasteiger partial charge in [-0.15, -0.1) is 0 Å². The lowest BCUT2D eigenvalue weighted by atomic mass is 9.95. The predicted molar refractivity (Wildman–Crippen MR) is 51.9 cm³/mol. The zero-order chi connectivity index (χ0) is 10.9. The summed E-state index contributed by atoms with van der Waals surface area (Å²) >= 11 is 0.